The standard InChI is InChI=1S/C21H20ClN3O4/c22-15-9-7-14(8-10-15)19(27)24-12-11-23-18(26)6-3-13-25-20(28)16-4-1-2-5-17(16)21(25)29/h1-2,4-5,7-10H,3,6,11-13H2,(H,23,26)(H,24,27). The minimum absolute atomic E-state index is 0.179. The summed E-state index contributed by atoms with van der Waals surface area (Å²) in [6.07, 6.45) is 0.549. The molecule has 0 saturated heterocycles. The first-order chi connectivity index (χ1) is 14.0. The van der Waals surface area contributed by atoms with Crippen molar-refractivity contribution in [3.05, 3.63) is 70.2 Å². The van der Waals surface area contributed by atoms with Gasteiger partial charge in [-0.05, 0) is 42.8 Å². The monoisotopic (exact) mass is 413 g/mol. The van der Waals surface area contributed by atoms with E-state index in [1.165, 1.54) is 4.90 Å². The van der Waals surface area contributed by atoms with Crippen LogP contribution in [0.2, 0.25) is 5.02 Å². The Hall–Kier alpha value is -3.19. The van der Waals surface area contributed by atoms with E-state index in [4.69, 9.17) is 11.6 Å². The molecule has 150 valence electrons. The number of halogens is 1. The highest BCUT2D eigenvalue weighted by atomic mass is 35.5. The maximum atomic E-state index is 12.3. The van der Waals surface area contributed by atoms with Crippen molar-refractivity contribution in [3.63, 3.8) is 0 Å². The lowest BCUT2D eigenvalue weighted by atomic mass is 10.1. The fourth-order valence-corrected chi connectivity index (χ4v) is 3.14. The number of nitrogens with one attached hydrogen (secondary N) is 2. The molecule has 3 rings (SSSR count). The number of fused-ring (bicyclic) bond motifs is 1. The first kappa shape index (κ1) is 20.5. The first-order valence-corrected chi connectivity index (χ1v) is 9.61. The Bertz CT molecular complexity index is 908. The largest absolute Gasteiger partial charge is 0.354 e. The van der Waals surface area contributed by atoms with Gasteiger partial charge < -0.3 is 10.6 Å². The summed E-state index contributed by atoms with van der Waals surface area (Å²) in [5.41, 5.74) is 1.29. The topological polar surface area (TPSA) is 95.6 Å². The van der Waals surface area contributed by atoms with E-state index in [2.05, 4.69) is 10.6 Å². The van der Waals surface area contributed by atoms with Gasteiger partial charge in [-0.25, -0.2) is 0 Å². The second kappa shape index (κ2) is 9.34. The van der Waals surface area contributed by atoms with Gasteiger partial charge in [-0.3, -0.25) is 24.1 Å². The van der Waals surface area contributed by atoms with Crippen molar-refractivity contribution in [1.29, 1.82) is 0 Å². The molecule has 0 saturated carbocycles. The van der Waals surface area contributed by atoms with Crippen LogP contribution in [0.15, 0.2) is 48.5 Å². The number of nitrogens with zero attached hydrogens (tertiary/aromatic N) is 1. The van der Waals surface area contributed by atoms with Crippen LogP contribution < -0.4 is 10.6 Å². The zero-order chi connectivity index (χ0) is 20.8. The molecule has 0 aliphatic carbocycles. The summed E-state index contributed by atoms with van der Waals surface area (Å²) in [5, 5.41) is 5.95. The normalized spacial score (nSPS) is 12.7. The van der Waals surface area contributed by atoms with Crippen molar-refractivity contribution < 1.29 is 19.2 Å². The zero-order valence-corrected chi connectivity index (χ0v) is 16.4. The number of hydrogen-bond acceptors (Lipinski definition) is 4. The number of imide groups is 1. The van der Waals surface area contributed by atoms with Crippen molar-refractivity contribution in [1.82, 2.24) is 15.5 Å². The first-order valence-electron chi connectivity index (χ1n) is 9.23. The Labute approximate surface area is 173 Å². The van der Waals surface area contributed by atoms with E-state index in [-0.39, 0.29) is 49.7 Å². The van der Waals surface area contributed by atoms with Crippen LogP contribution in [0, 0.1) is 0 Å². The molecule has 1 heterocycles. The highest BCUT2D eigenvalue weighted by Crippen LogP contribution is 2.22. The van der Waals surface area contributed by atoms with E-state index in [0.717, 1.165) is 0 Å². The quantitative estimate of drug-likeness (QED) is 0.512. The second-order valence-electron chi connectivity index (χ2n) is 6.52. The number of amides is 4. The second-order valence-corrected chi connectivity index (χ2v) is 6.96. The molecular weight excluding hydrogens is 394 g/mol. The molecule has 7 nitrogen and oxygen atoms in total. The van der Waals surface area contributed by atoms with Crippen molar-refractivity contribution in [2.75, 3.05) is 19.6 Å². The fourth-order valence-electron chi connectivity index (χ4n) is 3.01. The Morgan fingerprint density at radius 3 is 2.07 bits per heavy atom. The fraction of sp³-hybridized carbons (Fsp3) is 0.238. The molecule has 4 amide bonds. The molecule has 0 aromatic heterocycles. The average Bonchev–Trinajstić information content (AvgIpc) is 2.96. The van der Waals surface area contributed by atoms with Crippen LogP contribution in [0.1, 0.15) is 43.9 Å². The van der Waals surface area contributed by atoms with Gasteiger partial charge in [0.1, 0.15) is 0 Å². The summed E-state index contributed by atoms with van der Waals surface area (Å²) >= 11 is 5.78. The number of benzene rings is 2. The van der Waals surface area contributed by atoms with Gasteiger partial charge in [0.05, 0.1) is 11.1 Å². The third-order valence-electron chi connectivity index (χ3n) is 4.50. The Kier molecular flexibility index (Phi) is 6.61. The summed E-state index contributed by atoms with van der Waals surface area (Å²) in [7, 11) is 0. The van der Waals surface area contributed by atoms with Gasteiger partial charge in [0.25, 0.3) is 17.7 Å². The Morgan fingerprint density at radius 2 is 1.45 bits per heavy atom. The van der Waals surface area contributed by atoms with Crippen LogP contribution in [0.25, 0.3) is 0 Å². The molecular formula is C21H20ClN3O4. The Balaban J connectivity index is 1.34. The molecule has 29 heavy (non-hydrogen) atoms. The van der Waals surface area contributed by atoms with Crippen molar-refractivity contribution in [2.45, 2.75) is 12.8 Å². The van der Waals surface area contributed by atoms with Gasteiger partial charge in [-0.2, -0.15) is 0 Å². The predicted molar refractivity (Wildman–Crippen MR) is 108 cm³/mol. The number of rotatable bonds is 8. The van der Waals surface area contributed by atoms with E-state index in [0.29, 0.717) is 28.1 Å². The van der Waals surface area contributed by atoms with Gasteiger partial charge in [-0.1, -0.05) is 23.7 Å². The van der Waals surface area contributed by atoms with Crippen molar-refractivity contribution in [2.24, 2.45) is 0 Å². The van der Waals surface area contributed by atoms with Crippen LogP contribution >= 0.6 is 11.6 Å². The molecule has 1 aliphatic heterocycles. The molecule has 0 fully saturated rings. The van der Waals surface area contributed by atoms with E-state index in [1.54, 1.807) is 48.5 Å². The van der Waals surface area contributed by atoms with Crippen LogP contribution in [0.5, 0.6) is 0 Å². The van der Waals surface area contributed by atoms with Gasteiger partial charge in [0, 0.05) is 36.6 Å². The minimum Gasteiger partial charge on any atom is -0.354 e. The average molecular weight is 414 g/mol. The van der Waals surface area contributed by atoms with Crippen molar-refractivity contribution >= 4 is 35.2 Å². The Morgan fingerprint density at radius 1 is 0.862 bits per heavy atom. The van der Waals surface area contributed by atoms with E-state index in [9.17, 15) is 19.2 Å². The lowest BCUT2D eigenvalue weighted by molar-refractivity contribution is -0.121. The van der Waals surface area contributed by atoms with E-state index < -0.39 is 0 Å². The smallest absolute Gasteiger partial charge is 0.261 e. The zero-order valence-electron chi connectivity index (χ0n) is 15.6. The highest BCUT2D eigenvalue weighted by molar-refractivity contribution is 6.30. The lowest BCUT2D eigenvalue weighted by Gasteiger charge is -2.13. The maximum Gasteiger partial charge on any atom is 0.261 e. The van der Waals surface area contributed by atoms with Gasteiger partial charge >= 0.3 is 0 Å². The van der Waals surface area contributed by atoms with Crippen LogP contribution in [-0.2, 0) is 4.79 Å². The third-order valence-corrected chi connectivity index (χ3v) is 4.75. The molecule has 0 bridgehead atoms. The molecule has 0 atom stereocenters. The van der Waals surface area contributed by atoms with Crippen molar-refractivity contribution in [3.8, 4) is 0 Å². The number of hydrogen-bond donors (Lipinski definition) is 2. The molecule has 1 aliphatic rings. The molecule has 0 unspecified atom stereocenters. The number of carbonyl (C=O) groups is 4. The van der Waals surface area contributed by atoms with E-state index in [1.807, 2.05) is 0 Å². The summed E-state index contributed by atoms with van der Waals surface area (Å²) < 4.78 is 0. The summed E-state index contributed by atoms with van der Waals surface area (Å²) in [5.74, 6) is -1.10. The molecule has 0 spiro atoms. The van der Waals surface area contributed by atoms with Crippen LogP contribution in [0.3, 0.4) is 0 Å². The molecule has 0 radical (unpaired) electrons. The third kappa shape index (κ3) is 5.00. The highest BCUT2D eigenvalue weighted by Gasteiger charge is 2.34. The summed E-state index contributed by atoms with van der Waals surface area (Å²) in [4.78, 5) is 49.5. The van der Waals surface area contributed by atoms with Gasteiger partial charge in [0.2, 0.25) is 5.91 Å². The van der Waals surface area contributed by atoms with Crippen LogP contribution in [-0.4, -0.2) is 48.2 Å². The maximum absolute atomic E-state index is 12.3. The number of carbonyl (C=O) groups excluding carboxylic acids is 4. The molecule has 2 aromatic rings. The van der Waals surface area contributed by atoms with Gasteiger partial charge in [0.15, 0.2) is 0 Å². The summed E-state index contributed by atoms with van der Waals surface area (Å²) in [6.45, 7) is 0.754. The SMILES string of the molecule is O=C(CCCN1C(=O)c2ccccc2C1=O)NCCNC(=O)c1ccc(Cl)cc1. The lowest BCUT2D eigenvalue weighted by Crippen LogP contribution is -2.35. The van der Waals surface area contributed by atoms with E-state index >= 15 is 0 Å². The molecule has 8 heteroatoms. The van der Waals surface area contributed by atoms with Crippen LogP contribution in [0.4, 0.5) is 0 Å². The predicted octanol–water partition coefficient (Wildman–Crippen LogP) is 2.26. The molecule has 2 N–H and O–H groups in total. The molecule has 2 aromatic carbocycles. The summed E-state index contributed by atoms with van der Waals surface area (Å²) in [6, 6.07) is 13.2. The van der Waals surface area contributed by atoms with Gasteiger partial charge in [-0.15, -0.1) is 0 Å². The minimum atomic E-state index is -0.323.